The molecule has 0 unspecified atom stereocenters. The minimum atomic E-state index is -2.25. The van der Waals surface area contributed by atoms with Gasteiger partial charge in [0.05, 0.1) is 18.6 Å². The number of alkyl halides is 1. The monoisotopic (exact) mass is 457 g/mol. The van der Waals surface area contributed by atoms with Crippen molar-refractivity contribution in [2.24, 2.45) is 11.8 Å². The summed E-state index contributed by atoms with van der Waals surface area (Å²) in [5.74, 6) is -0.652. The molecular formula is C23H40ClNO4Si. The van der Waals surface area contributed by atoms with Crippen LogP contribution >= 0.6 is 11.6 Å². The molecule has 1 saturated carbocycles. The highest BCUT2D eigenvalue weighted by Gasteiger charge is 2.62. The molecule has 0 aromatic rings. The van der Waals surface area contributed by atoms with Gasteiger partial charge in [0.1, 0.15) is 0 Å². The van der Waals surface area contributed by atoms with Gasteiger partial charge < -0.3 is 14.5 Å². The predicted octanol–water partition coefficient (Wildman–Crippen LogP) is 5.19. The molecule has 1 amide bonds. The topological polar surface area (TPSA) is 64.6 Å². The molecule has 1 aliphatic carbocycles. The molecule has 5 nitrogen and oxygen atoms in total. The molecule has 2 fully saturated rings. The van der Waals surface area contributed by atoms with Crippen LogP contribution in [0.1, 0.15) is 66.2 Å². The van der Waals surface area contributed by atoms with E-state index in [9.17, 15) is 9.59 Å². The van der Waals surface area contributed by atoms with Crippen molar-refractivity contribution in [3.05, 3.63) is 12.2 Å². The maximum absolute atomic E-state index is 13.5. The summed E-state index contributed by atoms with van der Waals surface area (Å²) in [7, 11) is -2.25. The zero-order valence-electron chi connectivity index (χ0n) is 19.6. The molecule has 0 aromatic heterocycles. The van der Waals surface area contributed by atoms with Crippen LogP contribution in [0.5, 0.6) is 0 Å². The number of nitrogens with one attached hydrogen (secondary N) is 1. The van der Waals surface area contributed by atoms with E-state index in [0.29, 0.717) is 17.9 Å². The number of hydrogen-bond acceptors (Lipinski definition) is 4. The van der Waals surface area contributed by atoms with Gasteiger partial charge >= 0.3 is 5.97 Å². The van der Waals surface area contributed by atoms with Crippen LogP contribution in [0, 0.1) is 11.8 Å². The Hall–Kier alpha value is -0.853. The minimum Gasteiger partial charge on any atom is -0.464 e. The normalized spacial score (nSPS) is 27.1. The molecule has 1 aliphatic heterocycles. The lowest BCUT2D eigenvalue weighted by Crippen LogP contribution is -2.65. The first-order valence-electron chi connectivity index (χ1n) is 11.3. The lowest BCUT2D eigenvalue weighted by molar-refractivity contribution is -0.156. The van der Waals surface area contributed by atoms with Crippen molar-refractivity contribution in [1.82, 2.24) is 5.32 Å². The first-order valence-corrected chi connectivity index (χ1v) is 14.8. The third kappa shape index (κ3) is 4.81. The average Bonchev–Trinajstić information content (AvgIpc) is 2.92. The first kappa shape index (κ1) is 25.4. The van der Waals surface area contributed by atoms with E-state index in [2.05, 4.69) is 45.8 Å². The number of esters is 1. The van der Waals surface area contributed by atoms with Crippen molar-refractivity contribution in [1.29, 1.82) is 0 Å². The van der Waals surface area contributed by atoms with Crippen LogP contribution in [0.25, 0.3) is 0 Å². The molecule has 0 bridgehead atoms. The lowest BCUT2D eigenvalue weighted by Gasteiger charge is -2.48. The third-order valence-electron chi connectivity index (χ3n) is 7.29. The molecule has 1 heterocycles. The SMILES string of the molecule is C=C1[C@@H](CCCl)C(=O)N[C@]1(C(=O)OCC)[C@H](O[Si](C)(C)C(C)(C)C)C1CCCCC1. The van der Waals surface area contributed by atoms with Gasteiger partial charge in [-0.15, -0.1) is 11.6 Å². The van der Waals surface area contributed by atoms with Gasteiger partial charge in [0.2, 0.25) is 5.91 Å². The average molecular weight is 458 g/mol. The quantitative estimate of drug-likeness (QED) is 0.236. The first-order chi connectivity index (χ1) is 13.9. The van der Waals surface area contributed by atoms with E-state index in [1.165, 1.54) is 6.42 Å². The molecule has 0 aromatic carbocycles. The predicted molar refractivity (Wildman–Crippen MR) is 124 cm³/mol. The lowest BCUT2D eigenvalue weighted by atomic mass is 9.73. The van der Waals surface area contributed by atoms with Gasteiger partial charge in [-0.3, -0.25) is 4.79 Å². The smallest absolute Gasteiger partial charge is 0.338 e. The molecule has 1 saturated heterocycles. The molecule has 1 N–H and O–H groups in total. The molecule has 0 spiro atoms. The van der Waals surface area contributed by atoms with E-state index in [0.717, 1.165) is 25.7 Å². The van der Waals surface area contributed by atoms with Gasteiger partial charge in [-0.2, -0.15) is 0 Å². The summed E-state index contributed by atoms with van der Waals surface area (Å²) >= 11 is 5.98. The van der Waals surface area contributed by atoms with Crippen LogP contribution in [-0.2, 0) is 18.8 Å². The number of ether oxygens (including phenoxy) is 1. The second kappa shape index (κ2) is 9.74. The Labute approximate surface area is 188 Å². The largest absolute Gasteiger partial charge is 0.464 e. The summed E-state index contributed by atoms with van der Waals surface area (Å²) in [6.45, 7) is 17.2. The zero-order valence-corrected chi connectivity index (χ0v) is 21.4. The van der Waals surface area contributed by atoms with Gasteiger partial charge in [0.15, 0.2) is 13.9 Å². The summed E-state index contributed by atoms with van der Waals surface area (Å²) in [4.78, 5) is 26.5. The Balaban J connectivity index is 2.59. The van der Waals surface area contributed by atoms with E-state index in [1.807, 2.05) is 0 Å². The van der Waals surface area contributed by atoms with Crippen molar-refractivity contribution >= 4 is 31.8 Å². The highest BCUT2D eigenvalue weighted by molar-refractivity contribution is 6.74. The van der Waals surface area contributed by atoms with Crippen molar-refractivity contribution < 1.29 is 18.8 Å². The van der Waals surface area contributed by atoms with Crippen LogP contribution in [-0.4, -0.2) is 44.3 Å². The number of hydrogen-bond donors (Lipinski definition) is 1. The van der Waals surface area contributed by atoms with Crippen LogP contribution in [0.15, 0.2) is 12.2 Å². The van der Waals surface area contributed by atoms with Gasteiger partial charge in [-0.1, -0.05) is 46.6 Å². The Bertz CT molecular complexity index is 654. The van der Waals surface area contributed by atoms with Crippen LogP contribution < -0.4 is 5.32 Å². The summed E-state index contributed by atoms with van der Waals surface area (Å²) in [5.41, 5.74) is -0.790. The Kier molecular flexibility index (Phi) is 8.25. The molecule has 7 heteroatoms. The Morgan fingerprint density at radius 1 is 1.30 bits per heavy atom. The molecular weight excluding hydrogens is 418 g/mol. The van der Waals surface area contributed by atoms with E-state index >= 15 is 0 Å². The molecule has 172 valence electrons. The number of amides is 1. The standard InChI is InChI=1S/C23H40ClNO4Si/c1-8-28-21(27)23(16(2)18(14-15-24)20(26)25-23)19(17-12-10-9-11-13-17)29-30(6,7)22(3,4)5/h17-19H,2,8-15H2,1,3-7H3,(H,25,26)/t18-,19-,23+/m1/s1. The van der Waals surface area contributed by atoms with Crippen molar-refractivity contribution in [3.63, 3.8) is 0 Å². The fraction of sp³-hybridized carbons (Fsp3) is 0.826. The van der Waals surface area contributed by atoms with Crippen LogP contribution in [0.2, 0.25) is 18.1 Å². The van der Waals surface area contributed by atoms with E-state index in [1.54, 1.807) is 6.92 Å². The fourth-order valence-electron chi connectivity index (χ4n) is 4.48. The number of halogens is 1. The highest BCUT2D eigenvalue weighted by Crippen LogP contribution is 2.47. The van der Waals surface area contributed by atoms with Gasteiger partial charge in [0.25, 0.3) is 0 Å². The summed E-state index contributed by atoms with van der Waals surface area (Å²) in [5, 5.41) is 3.00. The molecule has 2 rings (SSSR count). The third-order valence-corrected chi connectivity index (χ3v) is 12.0. The summed E-state index contributed by atoms with van der Waals surface area (Å²) < 4.78 is 12.5. The van der Waals surface area contributed by atoms with E-state index in [4.69, 9.17) is 20.8 Å². The summed E-state index contributed by atoms with van der Waals surface area (Å²) in [6.07, 6.45) is 5.32. The maximum atomic E-state index is 13.5. The number of carbonyl (C=O) groups is 2. The molecule has 2 aliphatic rings. The molecule has 0 radical (unpaired) electrons. The Morgan fingerprint density at radius 2 is 1.90 bits per heavy atom. The van der Waals surface area contributed by atoms with Gasteiger partial charge in [0, 0.05) is 5.88 Å². The van der Waals surface area contributed by atoms with Gasteiger partial charge in [-0.05, 0) is 55.8 Å². The van der Waals surface area contributed by atoms with Crippen molar-refractivity contribution in [3.8, 4) is 0 Å². The summed E-state index contributed by atoms with van der Waals surface area (Å²) in [6, 6.07) is 0. The number of rotatable bonds is 8. The van der Waals surface area contributed by atoms with Crippen molar-refractivity contribution in [2.75, 3.05) is 12.5 Å². The fourth-order valence-corrected chi connectivity index (χ4v) is 6.05. The minimum absolute atomic E-state index is 0.0325. The zero-order chi connectivity index (χ0) is 22.7. The molecule has 3 atom stereocenters. The Morgan fingerprint density at radius 3 is 2.40 bits per heavy atom. The van der Waals surface area contributed by atoms with Crippen LogP contribution in [0.3, 0.4) is 0 Å². The highest BCUT2D eigenvalue weighted by atomic mass is 35.5. The number of carbonyl (C=O) groups excluding carboxylic acids is 2. The second-order valence-corrected chi connectivity index (χ2v) is 15.4. The second-order valence-electron chi connectivity index (χ2n) is 10.3. The van der Waals surface area contributed by atoms with Gasteiger partial charge in [-0.25, -0.2) is 4.79 Å². The van der Waals surface area contributed by atoms with E-state index in [-0.39, 0.29) is 23.5 Å². The van der Waals surface area contributed by atoms with E-state index < -0.39 is 31.8 Å². The maximum Gasteiger partial charge on any atom is 0.338 e. The van der Waals surface area contributed by atoms with Crippen LogP contribution in [0.4, 0.5) is 0 Å². The molecule has 30 heavy (non-hydrogen) atoms. The van der Waals surface area contributed by atoms with Crippen molar-refractivity contribution in [2.45, 2.75) is 96.0 Å².